The van der Waals surface area contributed by atoms with Gasteiger partial charge in [-0.05, 0) is 25.3 Å². The first-order valence-corrected chi connectivity index (χ1v) is 8.05. The van der Waals surface area contributed by atoms with Crippen LogP contribution < -0.4 is 0 Å². The molecule has 24 heavy (non-hydrogen) atoms. The molecule has 0 saturated heterocycles. The van der Waals surface area contributed by atoms with Crippen molar-refractivity contribution in [2.24, 2.45) is 4.99 Å². The molecule has 4 aromatic heterocycles. The van der Waals surface area contributed by atoms with Crippen molar-refractivity contribution in [1.82, 2.24) is 29.0 Å². The molecule has 0 bridgehead atoms. The van der Waals surface area contributed by atoms with Crippen molar-refractivity contribution < 1.29 is 0 Å². The van der Waals surface area contributed by atoms with E-state index in [0.29, 0.717) is 16.9 Å². The number of nitrogens with zero attached hydrogens (tertiary/aromatic N) is 7. The minimum atomic E-state index is 0.505. The van der Waals surface area contributed by atoms with Gasteiger partial charge in [-0.3, -0.25) is 4.40 Å². The maximum absolute atomic E-state index is 6.13. The highest BCUT2D eigenvalue weighted by atomic mass is 35.5. The van der Waals surface area contributed by atoms with Crippen LogP contribution in [0.15, 0.2) is 42.0 Å². The molecule has 1 aliphatic carbocycles. The zero-order chi connectivity index (χ0) is 16.1. The molecule has 118 valence electrons. The van der Waals surface area contributed by atoms with Crippen LogP contribution in [0.5, 0.6) is 0 Å². The molecule has 0 aliphatic heterocycles. The molecule has 0 aromatic carbocycles. The van der Waals surface area contributed by atoms with Gasteiger partial charge in [0.15, 0.2) is 0 Å². The lowest BCUT2D eigenvalue weighted by Crippen LogP contribution is -2.09. The summed E-state index contributed by atoms with van der Waals surface area (Å²) in [6.45, 7) is 0. The quantitative estimate of drug-likeness (QED) is 0.562. The van der Waals surface area contributed by atoms with Crippen LogP contribution in [0.4, 0.5) is 5.95 Å². The molecule has 5 rings (SSSR count). The summed E-state index contributed by atoms with van der Waals surface area (Å²) < 4.78 is 3.54. The van der Waals surface area contributed by atoms with Crippen LogP contribution in [0, 0.1) is 0 Å². The van der Waals surface area contributed by atoms with Gasteiger partial charge in [0.25, 0.3) is 5.95 Å². The topological polar surface area (TPSA) is 72.7 Å². The molecule has 0 atom stereocenters. The van der Waals surface area contributed by atoms with Crippen LogP contribution in [-0.2, 0) is 0 Å². The number of rotatable bonds is 2. The first-order valence-electron chi connectivity index (χ1n) is 7.68. The average Bonchev–Trinajstić information content (AvgIpc) is 3.14. The van der Waals surface area contributed by atoms with Gasteiger partial charge in [-0.1, -0.05) is 11.6 Å². The highest BCUT2D eigenvalue weighted by Gasteiger charge is 2.13. The molecule has 0 N–H and O–H groups in total. The summed E-state index contributed by atoms with van der Waals surface area (Å²) in [7, 11) is 0. The monoisotopic (exact) mass is 337 g/mol. The Morgan fingerprint density at radius 2 is 1.96 bits per heavy atom. The van der Waals surface area contributed by atoms with E-state index < -0.39 is 0 Å². The first-order chi connectivity index (χ1) is 11.8. The van der Waals surface area contributed by atoms with Gasteiger partial charge in [-0.15, -0.1) is 5.10 Å². The Kier molecular flexibility index (Phi) is 2.90. The molecule has 1 fully saturated rings. The van der Waals surface area contributed by atoms with Gasteiger partial charge >= 0.3 is 0 Å². The van der Waals surface area contributed by atoms with Gasteiger partial charge in [-0.2, -0.15) is 0 Å². The van der Waals surface area contributed by atoms with E-state index in [4.69, 9.17) is 11.6 Å². The summed E-state index contributed by atoms with van der Waals surface area (Å²) in [5.41, 5.74) is 3.97. The minimum Gasteiger partial charge on any atom is -0.274 e. The summed E-state index contributed by atoms with van der Waals surface area (Å²) in [4.78, 5) is 17.3. The van der Waals surface area contributed by atoms with Crippen LogP contribution >= 0.6 is 11.6 Å². The summed E-state index contributed by atoms with van der Waals surface area (Å²) in [6.07, 6.45) is 12.3. The zero-order valence-electron chi connectivity index (χ0n) is 12.6. The number of imidazole rings is 1. The Labute approximate surface area is 141 Å². The van der Waals surface area contributed by atoms with Gasteiger partial charge in [-0.25, -0.2) is 24.5 Å². The molecule has 0 spiro atoms. The smallest absolute Gasteiger partial charge is 0.267 e. The SMILES string of the molecule is Clc1cnc2ncc(-c3ccn4nc(N=C5CCC5)ncc34)cn12. The number of hydrogen-bond donors (Lipinski definition) is 0. The minimum absolute atomic E-state index is 0.505. The van der Waals surface area contributed by atoms with Crippen molar-refractivity contribution in [2.45, 2.75) is 19.3 Å². The van der Waals surface area contributed by atoms with Crippen molar-refractivity contribution in [1.29, 1.82) is 0 Å². The van der Waals surface area contributed by atoms with E-state index in [-0.39, 0.29) is 0 Å². The van der Waals surface area contributed by atoms with E-state index in [1.165, 1.54) is 12.1 Å². The molecular formula is C16H12ClN7. The highest BCUT2D eigenvalue weighted by Crippen LogP contribution is 2.26. The van der Waals surface area contributed by atoms with Crippen molar-refractivity contribution in [2.75, 3.05) is 0 Å². The lowest BCUT2D eigenvalue weighted by atomic mass is 9.97. The maximum atomic E-state index is 6.13. The summed E-state index contributed by atoms with van der Waals surface area (Å²) in [6, 6.07) is 1.98. The lowest BCUT2D eigenvalue weighted by Gasteiger charge is -2.13. The highest BCUT2D eigenvalue weighted by molar-refractivity contribution is 6.29. The second-order valence-electron chi connectivity index (χ2n) is 5.74. The van der Waals surface area contributed by atoms with E-state index in [1.807, 2.05) is 18.5 Å². The molecule has 0 amide bonds. The molecule has 1 aliphatic rings. The summed E-state index contributed by atoms with van der Waals surface area (Å²) >= 11 is 6.13. The Morgan fingerprint density at radius 1 is 1.08 bits per heavy atom. The fourth-order valence-corrected chi connectivity index (χ4v) is 2.93. The fourth-order valence-electron chi connectivity index (χ4n) is 2.76. The van der Waals surface area contributed by atoms with E-state index in [0.717, 1.165) is 29.5 Å². The second-order valence-corrected chi connectivity index (χ2v) is 6.13. The molecular weight excluding hydrogens is 326 g/mol. The zero-order valence-corrected chi connectivity index (χ0v) is 13.3. The molecule has 0 unspecified atom stereocenters. The molecule has 0 radical (unpaired) electrons. The van der Waals surface area contributed by atoms with Gasteiger partial charge in [0.1, 0.15) is 5.15 Å². The van der Waals surface area contributed by atoms with Gasteiger partial charge < -0.3 is 0 Å². The normalized spacial score (nSPS) is 14.3. The number of aliphatic imine (C=N–C) groups is 1. The van der Waals surface area contributed by atoms with Crippen molar-refractivity contribution in [3.63, 3.8) is 0 Å². The molecule has 4 aromatic rings. The summed E-state index contributed by atoms with van der Waals surface area (Å²) in [5.74, 6) is 1.08. The van der Waals surface area contributed by atoms with Crippen molar-refractivity contribution in [3.8, 4) is 11.1 Å². The molecule has 1 saturated carbocycles. The van der Waals surface area contributed by atoms with Crippen LogP contribution in [0.1, 0.15) is 19.3 Å². The van der Waals surface area contributed by atoms with Gasteiger partial charge in [0.05, 0.1) is 17.9 Å². The number of halogens is 1. The summed E-state index contributed by atoms with van der Waals surface area (Å²) in [5, 5.41) is 4.99. The predicted molar refractivity (Wildman–Crippen MR) is 90.9 cm³/mol. The van der Waals surface area contributed by atoms with Crippen molar-refractivity contribution >= 4 is 34.6 Å². The van der Waals surface area contributed by atoms with Crippen molar-refractivity contribution in [3.05, 3.63) is 42.2 Å². The van der Waals surface area contributed by atoms with Gasteiger partial charge in [0.2, 0.25) is 5.78 Å². The first kappa shape index (κ1) is 13.6. The van der Waals surface area contributed by atoms with E-state index in [2.05, 4.69) is 25.0 Å². The Hall–Kier alpha value is -2.80. The molecule has 7 nitrogen and oxygen atoms in total. The lowest BCUT2D eigenvalue weighted by molar-refractivity contribution is 0.795. The standard InChI is InChI=1S/C16H12ClN7/c17-14-8-20-16-19-6-10(9-23(14)16)12-4-5-24-13(12)7-18-15(22-24)21-11-2-1-3-11/h4-9H,1-3H2. The maximum Gasteiger partial charge on any atom is 0.267 e. The fraction of sp³-hybridized carbons (Fsp3) is 0.188. The third-order valence-corrected chi connectivity index (χ3v) is 4.50. The van der Waals surface area contributed by atoms with E-state index >= 15 is 0 Å². The Morgan fingerprint density at radius 3 is 2.79 bits per heavy atom. The third kappa shape index (κ3) is 2.09. The number of fused-ring (bicyclic) bond motifs is 2. The Balaban J connectivity index is 1.61. The molecule has 8 heteroatoms. The van der Waals surface area contributed by atoms with Crippen LogP contribution in [-0.4, -0.2) is 34.7 Å². The van der Waals surface area contributed by atoms with Gasteiger partial charge in [0, 0.05) is 35.4 Å². The largest absolute Gasteiger partial charge is 0.274 e. The Bertz CT molecular complexity index is 1100. The van der Waals surface area contributed by atoms with Crippen LogP contribution in [0.2, 0.25) is 5.15 Å². The number of aromatic nitrogens is 6. The van der Waals surface area contributed by atoms with Crippen LogP contribution in [0.25, 0.3) is 22.4 Å². The average molecular weight is 338 g/mol. The second kappa shape index (κ2) is 5.10. The van der Waals surface area contributed by atoms with Crippen LogP contribution in [0.3, 0.4) is 0 Å². The third-order valence-electron chi connectivity index (χ3n) is 4.22. The predicted octanol–water partition coefficient (Wildman–Crippen LogP) is 3.35. The molecule has 4 heterocycles. The van der Waals surface area contributed by atoms with E-state index in [9.17, 15) is 0 Å². The number of hydrogen-bond acceptors (Lipinski definition) is 5. The van der Waals surface area contributed by atoms with E-state index in [1.54, 1.807) is 27.5 Å².